The molecule has 4 aliphatic rings. The van der Waals surface area contributed by atoms with E-state index in [1.165, 1.54) is 13.2 Å². The first-order valence-electron chi connectivity index (χ1n) is 11.1. The van der Waals surface area contributed by atoms with E-state index in [9.17, 15) is 29.7 Å². The highest BCUT2D eigenvalue weighted by molar-refractivity contribution is 6.01. The summed E-state index contributed by atoms with van der Waals surface area (Å²) in [4.78, 5) is 36.2. The van der Waals surface area contributed by atoms with Gasteiger partial charge in [0.2, 0.25) is 0 Å². The lowest BCUT2D eigenvalue weighted by atomic mass is 9.44. The Hall–Kier alpha value is -1.99. The fourth-order valence-corrected chi connectivity index (χ4v) is 7.53. The second-order valence-corrected chi connectivity index (χ2v) is 10.4. The average Bonchev–Trinajstić information content (AvgIpc) is 2.96. The van der Waals surface area contributed by atoms with Gasteiger partial charge in [-0.2, -0.15) is 0 Å². The quantitative estimate of drug-likeness (QED) is 0.583. The number of carboxylic acids is 1. The fraction of sp³-hybridized carbons (Fsp3) is 0.708. The summed E-state index contributed by atoms with van der Waals surface area (Å²) in [6.45, 7) is 3.96. The molecule has 0 saturated heterocycles. The molecule has 4 rings (SSSR count). The summed E-state index contributed by atoms with van der Waals surface area (Å²) < 4.78 is 5.13. The highest BCUT2D eigenvalue weighted by Crippen LogP contribution is 2.68. The number of aliphatic hydroxyl groups excluding tert-OH is 1. The van der Waals surface area contributed by atoms with Crippen molar-refractivity contribution in [1.29, 1.82) is 0 Å². The van der Waals surface area contributed by atoms with Crippen molar-refractivity contribution in [2.75, 3.05) is 7.11 Å². The Morgan fingerprint density at radius 3 is 2.65 bits per heavy atom. The number of allylic oxidation sites excluding steroid dienone is 4. The summed E-state index contributed by atoms with van der Waals surface area (Å²) in [7, 11) is 1.35. The molecule has 0 aromatic rings. The van der Waals surface area contributed by atoms with Crippen LogP contribution in [0.15, 0.2) is 23.8 Å². The predicted molar refractivity (Wildman–Crippen MR) is 111 cm³/mol. The van der Waals surface area contributed by atoms with Crippen molar-refractivity contribution >= 4 is 17.7 Å². The molecule has 5 unspecified atom stereocenters. The number of rotatable bonds is 4. The zero-order chi connectivity index (χ0) is 22.8. The molecule has 7 heteroatoms. The monoisotopic (exact) mass is 432 g/mol. The maximum atomic E-state index is 12.9. The van der Waals surface area contributed by atoms with Gasteiger partial charge in [0.05, 0.1) is 24.7 Å². The number of esters is 1. The third-order valence-corrected chi connectivity index (χ3v) is 9.13. The van der Waals surface area contributed by atoms with Gasteiger partial charge < -0.3 is 20.1 Å². The van der Waals surface area contributed by atoms with Crippen molar-refractivity contribution in [1.82, 2.24) is 0 Å². The van der Waals surface area contributed by atoms with E-state index in [1.54, 1.807) is 6.08 Å². The largest absolute Gasteiger partial charge is 0.481 e. The van der Waals surface area contributed by atoms with Gasteiger partial charge in [0.1, 0.15) is 0 Å². The Bertz CT molecular complexity index is 875. The van der Waals surface area contributed by atoms with Crippen LogP contribution in [-0.4, -0.2) is 51.9 Å². The summed E-state index contributed by atoms with van der Waals surface area (Å²) in [6, 6.07) is 0. The lowest BCUT2D eigenvalue weighted by Gasteiger charge is -2.61. The van der Waals surface area contributed by atoms with Crippen LogP contribution in [0.25, 0.3) is 0 Å². The molecule has 4 aliphatic carbocycles. The number of aliphatic carboxylic acids is 1. The van der Waals surface area contributed by atoms with Crippen molar-refractivity contribution in [3.63, 3.8) is 0 Å². The van der Waals surface area contributed by atoms with Gasteiger partial charge in [-0.15, -0.1) is 0 Å². The Balaban J connectivity index is 1.79. The third kappa shape index (κ3) is 3.11. The Morgan fingerprint density at radius 1 is 1.29 bits per heavy atom. The van der Waals surface area contributed by atoms with Gasteiger partial charge in [-0.1, -0.05) is 25.5 Å². The molecule has 3 N–H and O–H groups in total. The summed E-state index contributed by atoms with van der Waals surface area (Å²) >= 11 is 0. The number of carbonyl (C=O) groups excluding carboxylic acids is 2. The fourth-order valence-electron chi connectivity index (χ4n) is 7.53. The van der Waals surface area contributed by atoms with E-state index in [-0.39, 0.29) is 42.3 Å². The number of ether oxygens (including phenoxy) is 1. The molecular weight excluding hydrogens is 400 g/mol. The van der Waals surface area contributed by atoms with Crippen molar-refractivity contribution in [2.45, 2.75) is 64.1 Å². The molecule has 7 nitrogen and oxygen atoms in total. The van der Waals surface area contributed by atoms with Gasteiger partial charge in [0.15, 0.2) is 5.78 Å². The molecule has 0 aromatic carbocycles. The molecule has 0 radical (unpaired) electrons. The SMILES string of the molecule is COC(=O)C1CC2=CC(=O)C=C[C@]2(C)C2C(O)C[C@@]3(C)C(CC[C@@]3(O)CCC(=O)O)C12. The number of hydrogen-bond acceptors (Lipinski definition) is 6. The zero-order valence-electron chi connectivity index (χ0n) is 18.3. The van der Waals surface area contributed by atoms with E-state index in [2.05, 4.69) is 0 Å². The van der Waals surface area contributed by atoms with Crippen LogP contribution >= 0.6 is 0 Å². The van der Waals surface area contributed by atoms with Gasteiger partial charge in [-0.05, 0) is 56.1 Å². The van der Waals surface area contributed by atoms with Crippen molar-refractivity contribution < 1.29 is 34.4 Å². The molecule has 0 aliphatic heterocycles. The summed E-state index contributed by atoms with van der Waals surface area (Å²) in [5.74, 6) is -2.55. The maximum absolute atomic E-state index is 12.9. The molecule has 31 heavy (non-hydrogen) atoms. The van der Waals surface area contributed by atoms with E-state index in [1.807, 2.05) is 19.9 Å². The summed E-state index contributed by atoms with van der Waals surface area (Å²) in [5, 5.41) is 32.2. The van der Waals surface area contributed by atoms with Crippen LogP contribution < -0.4 is 0 Å². The van der Waals surface area contributed by atoms with Crippen LogP contribution in [0, 0.1) is 34.5 Å². The van der Waals surface area contributed by atoms with Crippen LogP contribution in [0.5, 0.6) is 0 Å². The molecular formula is C24H32O7. The van der Waals surface area contributed by atoms with E-state index in [4.69, 9.17) is 4.74 Å². The van der Waals surface area contributed by atoms with E-state index >= 15 is 0 Å². The Morgan fingerprint density at radius 2 is 2.00 bits per heavy atom. The maximum Gasteiger partial charge on any atom is 0.309 e. The Labute approximate surface area is 182 Å². The minimum absolute atomic E-state index is 0.0619. The van der Waals surface area contributed by atoms with Crippen molar-refractivity contribution in [3.8, 4) is 0 Å². The molecule has 0 amide bonds. The van der Waals surface area contributed by atoms with Crippen LogP contribution in [-0.2, 0) is 19.1 Å². The highest BCUT2D eigenvalue weighted by atomic mass is 16.5. The second kappa shape index (κ2) is 7.27. The summed E-state index contributed by atoms with van der Waals surface area (Å²) in [5.41, 5.74) is -1.62. The molecule has 0 spiro atoms. The lowest BCUT2D eigenvalue weighted by molar-refractivity contribution is -0.188. The van der Waals surface area contributed by atoms with Gasteiger partial charge in [-0.25, -0.2) is 0 Å². The molecule has 0 bridgehead atoms. The molecule has 0 heterocycles. The minimum atomic E-state index is -1.21. The third-order valence-electron chi connectivity index (χ3n) is 9.13. The first kappa shape index (κ1) is 22.2. The molecule has 3 fully saturated rings. The summed E-state index contributed by atoms with van der Waals surface area (Å²) in [6.07, 6.45) is 5.98. The van der Waals surface area contributed by atoms with Gasteiger partial charge in [0.25, 0.3) is 0 Å². The van der Waals surface area contributed by atoms with Gasteiger partial charge >= 0.3 is 11.9 Å². The first-order chi connectivity index (χ1) is 14.5. The van der Waals surface area contributed by atoms with Gasteiger partial charge in [0, 0.05) is 23.2 Å². The van der Waals surface area contributed by atoms with Crippen LogP contribution in [0.4, 0.5) is 0 Å². The standard InChI is InChI=1S/C24H32O7/c1-22-7-4-14(25)10-13(22)11-15(21(29)31-3)19-16-5-8-24(30,9-6-18(27)28)23(16,2)12-17(26)20(19)22/h4,7,10,15-17,19-20,26,30H,5-6,8-9,11-12H2,1-3H3,(H,27,28)/t15?,16?,17?,19?,20?,22-,23-,24+/m0/s1. The number of aliphatic hydroxyl groups is 2. The first-order valence-corrected chi connectivity index (χ1v) is 11.1. The van der Waals surface area contributed by atoms with Crippen LogP contribution in [0.3, 0.4) is 0 Å². The zero-order valence-corrected chi connectivity index (χ0v) is 18.3. The van der Waals surface area contributed by atoms with Crippen LogP contribution in [0.2, 0.25) is 0 Å². The predicted octanol–water partition coefficient (Wildman–Crippen LogP) is 2.26. The number of carbonyl (C=O) groups is 3. The smallest absolute Gasteiger partial charge is 0.309 e. The second-order valence-electron chi connectivity index (χ2n) is 10.4. The minimum Gasteiger partial charge on any atom is -0.481 e. The van der Waals surface area contributed by atoms with Crippen molar-refractivity contribution in [2.24, 2.45) is 34.5 Å². The molecule has 0 aromatic heterocycles. The number of carboxylic acid groups (broad SMARTS) is 1. The van der Waals surface area contributed by atoms with Crippen molar-refractivity contribution in [3.05, 3.63) is 23.8 Å². The topological polar surface area (TPSA) is 121 Å². The van der Waals surface area contributed by atoms with Gasteiger partial charge in [-0.3, -0.25) is 14.4 Å². The van der Waals surface area contributed by atoms with E-state index < -0.39 is 34.4 Å². The normalized spacial score (nSPS) is 45.9. The number of hydrogen-bond donors (Lipinski definition) is 3. The number of fused-ring (bicyclic) bond motifs is 5. The number of methoxy groups -OCH3 is 1. The molecule has 8 atom stereocenters. The van der Waals surface area contributed by atoms with Crippen LogP contribution in [0.1, 0.15) is 52.4 Å². The Kier molecular flexibility index (Phi) is 5.21. The average molecular weight is 433 g/mol. The van der Waals surface area contributed by atoms with E-state index in [0.717, 1.165) is 5.57 Å². The number of ketones is 1. The molecule has 170 valence electrons. The lowest BCUT2D eigenvalue weighted by Crippen LogP contribution is -2.62. The molecule has 3 saturated carbocycles. The van der Waals surface area contributed by atoms with E-state index in [0.29, 0.717) is 25.7 Å². The highest BCUT2D eigenvalue weighted by Gasteiger charge is 2.68.